The molecule has 0 saturated carbocycles. The van der Waals surface area contributed by atoms with Crippen LogP contribution in [0.2, 0.25) is 0 Å². The number of halogens is 1. The van der Waals surface area contributed by atoms with Crippen molar-refractivity contribution in [3.63, 3.8) is 0 Å². The second kappa shape index (κ2) is 8.24. The van der Waals surface area contributed by atoms with Crippen molar-refractivity contribution in [1.82, 2.24) is 9.80 Å². The lowest BCUT2D eigenvalue weighted by Crippen LogP contribution is -2.55. The number of rotatable bonds is 3. The maximum Gasteiger partial charge on any atom is 0.123 e. The van der Waals surface area contributed by atoms with Crippen LogP contribution in [-0.4, -0.2) is 74.4 Å². The molecule has 1 aromatic rings. The van der Waals surface area contributed by atoms with Crippen LogP contribution in [0.1, 0.15) is 31.2 Å². The van der Waals surface area contributed by atoms with Gasteiger partial charge in [-0.25, -0.2) is 4.39 Å². The van der Waals surface area contributed by atoms with Crippen LogP contribution in [0.3, 0.4) is 0 Å². The van der Waals surface area contributed by atoms with Gasteiger partial charge in [0, 0.05) is 70.3 Å². The van der Waals surface area contributed by atoms with Crippen LogP contribution in [-0.2, 0) is 4.74 Å². The largest absolute Gasteiger partial charge is 0.381 e. The Hall–Kier alpha value is -1.17. The molecule has 0 N–H and O–H groups in total. The van der Waals surface area contributed by atoms with Gasteiger partial charge in [0.2, 0.25) is 0 Å². The van der Waals surface area contributed by atoms with Crippen molar-refractivity contribution in [2.24, 2.45) is 0 Å². The van der Waals surface area contributed by atoms with Crippen LogP contribution < -0.4 is 4.90 Å². The molecule has 0 spiro atoms. The lowest BCUT2D eigenvalue weighted by Gasteiger charge is -2.45. The molecule has 0 aliphatic carbocycles. The number of benzene rings is 1. The van der Waals surface area contributed by atoms with Crippen LogP contribution in [0.25, 0.3) is 0 Å². The highest BCUT2D eigenvalue weighted by atomic mass is 19.1. The quantitative estimate of drug-likeness (QED) is 0.824. The number of hydrogen-bond donors (Lipinski definition) is 0. The summed E-state index contributed by atoms with van der Waals surface area (Å²) in [5.74, 6) is -0.136. The van der Waals surface area contributed by atoms with Crippen molar-refractivity contribution in [3.05, 3.63) is 29.6 Å². The highest BCUT2D eigenvalue weighted by Crippen LogP contribution is 2.27. The third-order valence-corrected chi connectivity index (χ3v) is 6.54. The van der Waals surface area contributed by atoms with E-state index in [9.17, 15) is 4.39 Å². The Morgan fingerprint density at radius 2 is 1.42 bits per heavy atom. The summed E-state index contributed by atoms with van der Waals surface area (Å²) < 4.78 is 18.9. The Labute approximate surface area is 156 Å². The molecule has 4 nitrogen and oxygen atoms in total. The molecule has 3 fully saturated rings. The van der Waals surface area contributed by atoms with E-state index >= 15 is 0 Å². The standard InChI is InChI=1S/C21H32FN3O/c1-17-16-18(22)2-3-21(17)25-8-4-19(5-9-25)23-10-12-24(13-11-23)20-6-14-26-15-7-20/h2-3,16,19-20H,4-15H2,1H3. The first-order valence-electron chi connectivity index (χ1n) is 10.3. The van der Waals surface area contributed by atoms with E-state index in [1.165, 1.54) is 57.5 Å². The van der Waals surface area contributed by atoms with Gasteiger partial charge in [0.25, 0.3) is 0 Å². The molecule has 3 aliphatic rings. The fourth-order valence-corrected chi connectivity index (χ4v) is 4.96. The molecule has 5 heteroatoms. The molecule has 3 saturated heterocycles. The smallest absolute Gasteiger partial charge is 0.123 e. The van der Waals surface area contributed by atoms with Gasteiger partial charge in [-0.05, 0) is 56.4 Å². The summed E-state index contributed by atoms with van der Waals surface area (Å²) in [5.41, 5.74) is 2.25. The zero-order valence-corrected chi connectivity index (χ0v) is 16.0. The summed E-state index contributed by atoms with van der Waals surface area (Å²) in [5, 5.41) is 0. The van der Waals surface area contributed by atoms with Crippen LogP contribution >= 0.6 is 0 Å². The Balaban J connectivity index is 1.26. The first-order valence-corrected chi connectivity index (χ1v) is 10.3. The molecule has 4 rings (SSSR count). The fraction of sp³-hybridized carbons (Fsp3) is 0.714. The molecule has 0 amide bonds. The molecular formula is C21H32FN3O. The molecular weight excluding hydrogens is 329 g/mol. The first kappa shape index (κ1) is 18.2. The van der Waals surface area contributed by atoms with Gasteiger partial charge in [-0.3, -0.25) is 9.80 Å². The second-order valence-electron chi connectivity index (χ2n) is 8.06. The Morgan fingerprint density at radius 3 is 2.00 bits per heavy atom. The highest BCUT2D eigenvalue weighted by Gasteiger charge is 2.30. The van der Waals surface area contributed by atoms with E-state index in [4.69, 9.17) is 4.74 Å². The average Bonchev–Trinajstić information content (AvgIpc) is 2.69. The SMILES string of the molecule is Cc1cc(F)ccc1N1CCC(N2CCN(C3CCOCC3)CC2)CC1. The number of hydrogen-bond acceptors (Lipinski definition) is 4. The lowest BCUT2D eigenvalue weighted by atomic mass is 10.00. The molecule has 26 heavy (non-hydrogen) atoms. The Kier molecular flexibility index (Phi) is 5.77. The molecule has 0 bridgehead atoms. The minimum atomic E-state index is -0.136. The van der Waals surface area contributed by atoms with Gasteiger partial charge in [-0.2, -0.15) is 0 Å². The summed E-state index contributed by atoms with van der Waals surface area (Å²) in [6, 6.07) is 6.64. The van der Waals surface area contributed by atoms with Crippen molar-refractivity contribution in [2.45, 2.75) is 44.7 Å². The minimum Gasteiger partial charge on any atom is -0.381 e. The van der Waals surface area contributed by atoms with Crippen LogP contribution in [0.5, 0.6) is 0 Å². The highest BCUT2D eigenvalue weighted by molar-refractivity contribution is 5.53. The maximum atomic E-state index is 13.3. The van der Waals surface area contributed by atoms with E-state index in [-0.39, 0.29) is 5.82 Å². The van der Waals surface area contributed by atoms with Crippen LogP contribution in [0.15, 0.2) is 18.2 Å². The van der Waals surface area contributed by atoms with E-state index in [0.29, 0.717) is 6.04 Å². The zero-order valence-electron chi connectivity index (χ0n) is 16.0. The molecule has 0 aromatic heterocycles. The molecule has 0 unspecified atom stereocenters. The van der Waals surface area contributed by atoms with Crippen molar-refractivity contribution in [2.75, 3.05) is 57.4 Å². The number of ether oxygens (including phenoxy) is 1. The van der Waals surface area contributed by atoms with Gasteiger partial charge < -0.3 is 9.64 Å². The minimum absolute atomic E-state index is 0.136. The van der Waals surface area contributed by atoms with E-state index in [1.807, 2.05) is 13.0 Å². The second-order valence-corrected chi connectivity index (χ2v) is 8.06. The van der Waals surface area contributed by atoms with E-state index in [1.54, 1.807) is 12.1 Å². The van der Waals surface area contributed by atoms with Gasteiger partial charge in [0.05, 0.1) is 0 Å². The predicted octanol–water partition coefficient (Wildman–Crippen LogP) is 2.90. The Morgan fingerprint density at radius 1 is 0.846 bits per heavy atom. The van der Waals surface area contributed by atoms with E-state index in [2.05, 4.69) is 14.7 Å². The number of piperazine rings is 1. The summed E-state index contributed by atoms with van der Waals surface area (Å²) >= 11 is 0. The predicted molar refractivity (Wildman–Crippen MR) is 103 cm³/mol. The van der Waals surface area contributed by atoms with E-state index in [0.717, 1.165) is 37.9 Å². The monoisotopic (exact) mass is 361 g/mol. The van der Waals surface area contributed by atoms with Crippen molar-refractivity contribution in [1.29, 1.82) is 0 Å². The number of piperidine rings is 1. The molecule has 3 aliphatic heterocycles. The van der Waals surface area contributed by atoms with Gasteiger partial charge in [0.1, 0.15) is 5.82 Å². The summed E-state index contributed by atoms with van der Waals surface area (Å²) in [4.78, 5) is 7.84. The molecule has 3 heterocycles. The molecule has 0 atom stereocenters. The van der Waals surface area contributed by atoms with Gasteiger partial charge >= 0.3 is 0 Å². The Bertz CT molecular complexity index is 589. The van der Waals surface area contributed by atoms with E-state index < -0.39 is 0 Å². The topological polar surface area (TPSA) is 19.0 Å². The van der Waals surface area contributed by atoms with Crippen molar-refractivity contribution in [3.8, 4) is 0 Å². The first-order chi connectivity index (χ1) is 12.7. The van der Waals surface area contributed by atoms with Gasteiger partial charge in [-0.1, -0.05) is 0 Å². The normalized spacial score (nSPS) is 24.9. The summed E-state index contributed by atoms with van der Waals surface area (Å²) in [6.45, 7) is 10.9. The van der Waals surface area contributed by atoms with Crippen molar-refractivity contribution < 1.29 is 9.13 Å². The van der Waals surface area contributed by atoms with Gasteiger partial charge in [0.15, 0.2) is 0 Å². The van der Waals surface area contributed by atoms with Gasteiger partial charge in [-0.15, -0.1) is 0 Å². The van der Waals surface area contributed by atoms with Crippen LogP contribution in [0.4, 0.5) is 10.1 Å². The number of aryl methyl sites for hydroxylation is 1. The molecule has 144 valence electrons. The maximum absolute atomic E-state index is 13.3. The lowest BCUT2D eigenvalue weighted by molar-refractivity contribution is 0.00422. The van der Waals surface area contributed by atoms with Crippen molar-refractivity contribution >= 4 is 5.69 Å². The molecule has 1 aromatic carbocycles. The average molecular weight is 362 g/mol. The zero-order chi connectivity index (χ0) is 17.9. The number of anilines is 1. The summed E-state index contributed by atoms with van der Waals surface area (Å²) in [7, 11) is 0. The number of nitrogens with zero attached hydrogens (tertiary/aromatic N) is 3. The fourth-order valence-electron chi connectivity index (χ4n) is 4.96. The third-order valence-electron chi connectivity index (χ3n) is 6.54. The molecule has 0 radical (unpaired) electrons. The third kappa shape index (κ3) is 4.05. The van der Waals surface area contributed by atoms with Crippen LogP contribution in [0, 0.1) is 12.7 Å². The summed E-state index contributed by atoms with van der Waals surface area (Å²) in [6.07, 6.45) is 4.84.